The molecule has 0 radical (unpaired) electrons. The van der Waals surface area contributed by atoms with E-state index in [9.17, 15) is 4.79 Å². The first kappa shape index (κ1) is 19.1. The van der Waals surface area contributed by atoms with Crippen LogP contribution in [0, 0.1) is 12.8 Å². The van der Waals surface area contributed by atoms with Crippen LogP contribution in [0.1, 0.15) is 35.9 Å². The molecular formula is C13H22Cl2N4O. The standard InChI is InChI=1S/C13H20N4O.2ClH/c1-9-7-16-12(8-15-9)13(18)17-5-3-11(4-6-17)10(2)14;;/h7-8,10-11H,3-6,14H2,1-2H3;2*1H. The molecule has 1 amide bonds. The molecule has 5 nitrogen and oxygen atoms in total. The van der Waals surface area contributed by atoms with Crippen molar-refractivity contribution in [2.45, 2.75) is 32.7 Å². The van der Waals surface area contributed by atoms with Crippen molar-refractivity contribution in [3.05, 3.63) is 23.8 Å². The minimum atomic E-state index is -0.0226. The third kappa shape index (κ3) is 4.58. The number of amides is 1. The molecule has 114 valence electrons. The second kappa shape index (κ2) is 8.39. The topological polar surface area (TPSA) is 72.1 Å². The maximum atomic E-state index is 12.2. The van der Waals surface area contributed by atoms with Crippen LogP contribution in [-0.2, 0) is 0 Å². The van der Waals surface area contributed by atoms with Gasteiger partial charge in [-0.2, -0.15) is 0 Å². The highest BCUT2D eigenvalue weighted by Gasteiger charge is 2.26. The Kier molecular flexibility index (Phi) is 8.01. The molecule has 20 heavy (non-hydrogen) atoms. The van der Waals surface area contributed by atoms with Gasteiger partial charge in [-0.05, 0) is 32.6 Å². The smallest absolute Gasteiger partial charge is 0.274 e. The van der Waals surface area contributed by atoms with Crippen molar-refractivity contribution < 1.29 is 4.79 Å². The largest absolute Gasteiger partial charge is 0.337 e. The Labute approximate surface area is 132 Å². The molecule has 0 spiro atoms. The molecule has 0 saturated carbocycles. The Hall–Kier alpha value is -0.910. The van der Waals surface area contributed by atoms with Gasteiger partial charge in [0.05, 0.1) is 11.9 Å². The third-order valence-electron chi connectivity index (χ3n) is 3.57. The van der Waals surface area contributed by atoms with Crippen molar-refractivity contribution in [1.82, 2.24) is 14.9 Å². The minimum Gasteiger partial charge on any atom is -0.337 e. The Morgan fingerprint density at radius 2 is 1.90 bits per heavy atom. The van der Waals surface area contributed by atoms with E-state index in [0.717, 1.165) is 31.6 Å². The zero-order valence-corrected chi connectivity index (χ0v) is 13.4. The molecular weight excluding hydrogens is 299 g/mol. The van der Waals surface area contributed by atoms with E-state index in [1.165, 1.54) is 0 Å². The lowest BCUT2D eigenvalue weighted by Gasteiger charge is -2.33. The number of hydrogen-bond donors (Lipinski definition) is 1. The minimum absolute atomic E-state index is 0. The van der Waals surface area contributed by atoms with Gasteiger partial charge in [0.15, 0.2) is 0 Å². The first-order chi connectivity index (χ1) is 8.58. The monoisotopic (exact) mass is 320 g/mol. The Balaban J connectivity index is 0.00000180. The van der Waals surface area contributed by atoms with E-state index >= 15 is 0 Å². The zero-order chi connectivity index (χ0) is 13.1. The third-order valence-corrected chi connectivity index (χ3v) is 3.57. The fourth-order valence-corrected chi connectivity index (χ4v) is 2.29. The van der Waals surface area contributed by atoms with E-state index in [-0.39, 0.29) is 36.8 Å². The predicted octanol–water partition coefficient (Wildman–Crippen LogP) is 1.83. The Morgan fingerprint density at radius 1 is 1.30 bits per heavy atom. The summed E-state index contributed by atoms with van der Waals surface area (Å²) in [6.07, 6.45) is 5.13. The lowest BCUT2D eigenvalue weighted by molar-refractivity contribution is 0.0674. The van der Waals surface area contributed by atoms with E-state index in [4.69, 9.17) is 5.73 Å². The number of hydrogen-bond acceptors (Lipinski definition) is 4. The summed E-state index contributed by atoms with van der Waals surface area (Å²) >= 11 is 0. The number of carbonyl (C=O) groups is 1. The molecule has 1 atom stereocenters. The molecule has 0 bridgehead atoms. The summed E-state index contributed by atoms with van der Waals surface area (Å²) in [5, 5.41) is 0. The molecule has 1 aromatic heterocycles. The van der Waals surface area contributed by atoms with Crippen LogP contribution in [0.5, 0.6) is 0 Å². The molecule has 1 aliphatic heterocycles. The second-order valence-electron chi connectivity index (χ2n) is 5.03. The van der Waals surface area contributed by atoms with Crippen LogP contribution in [0.2, 0.25) is 0 Å². The van der Waals surface area contributed by atoms with Crippen LogP contribution in [0.25, 0.3) is 0 Å². The van der Waals surface area contributed by atoms with Crippen LogP contribution in [0.3, 0.4) is 0 Å². The molecule has 1 aromatic rings. The van der Waals surface area contributed by atoms with Gasteiger partial charge in [-0.25, -0.2) is 4.98 Å². The van der Waals surface area contributed by atoms with Gasteiger partial charge in [-0.3, -0.25) is 9.78 Å². The summed E-state index contributed by atoms with van der Waals surface area (Å²) in [6, 6.07) is 0.210. The van der Waals surface area contributed by atoms with Crippen molar-refractivity contribution in [3.63, 3.8) is 0 Å². The zero-order valence-electron chi connectivity index (χ0n) is 11.8. The fourth-order valence-electron chi connectivity index (χ4n) is 2.29. The van der Waals surface area contributed by atoms with E-state index < -0.39 is 0 Å². The molecule has 7 heteroatoms. The van der Waals surface area contributed by atoms with Crippen molar-refractivity contribution >= 4 is 30.7 Å². The first-order valence-corrected chi connectivity index (χ1v) is 6.41. The van der Waals surface area contributed by atoms with Crippen LogP contribution >= 0.6 is 24.8 Å². The summed E-state index contributed by atoms with van der Waals surface area (Å²) in [6.45, 7) is 5.42. The highest BCUT2D eigenvalue weighted by molar-refractivity contribution is 5.92. The van der Waals surface area contributed by atoms with Crippen LogP contribution in [-0.4, -0.2) is 39.9 Å². The molecule has 2 rings (SSSR count). The SMILES string of the molecule is Cc1cnc(C(=O)N2CCC(C(C)N)CC2)cn1.Cl.Cl. The van der Waals surface area contributed by atoms with Gasteiger partial charge in [0.25, 0.3) is 5.91 Å². The summed E-state index contributed by atoms with van der Waals surface area (Å²) < 4.78 is 0. The number of aromatic nitrogens is 2. The van der Waals surface area contributed by atoms with Crippen LogP contribution in [0.4, 0.5) is 0 Å². The second-order valence-corrected chi connectivity index (χ2v) is 5.03. The molecule has 0 aliphatic carbocycles. The van der Waals surface area contributed by atoms with E-state index in [1.807, 2.05) is 18.7 Å². The molecule has 1 saturated heterocycles. The molecule has 1 unspecified atom stereocenters. The molecule has 2 N–H and O–H groups in total. The number of likely N-dealkylation sites (tertiary alicyclic amines) is 1. The van der Waals surface area contributed by atoms with Crippen LogP contribution in [0.15, 0.2) is 12.4 Å². The van der Waals surface area contributed by atoms with Gasteiger partial charge in [-0.15, -0.1) is 24.8 Å². The number of nitrogens with two attached hydrogens (primary N) is 1. The Morgan fingerprint density at radius 3 is 2.35 bits per heavy atom. The number of rotatable bonds is 2. The number of aryl methyl sites for hydroxylation is 1. The quantitative estimate of drug-likeness (QED) is 0.902. The molecule has 1 aliphatic rings. The molecule has 0 aromatic carbocycles. The molecule has 1 fully saturated rings. The first-order valence-electron chi connectivity index (χ1n) is 6.41. The van der Waals surface area contributed by atoms with E-state index in [2.05, 4.69) is 9.97 Å². The van der Waals surface area contributed by atoms with Crippen molar-refractivity contribution in [1.29, 1.82) is 0 Å². The number of carbonyl (C=O) groups excluding carboxylic acids is 1. The summed E-state index contributed by atoms with van der Waals surface area (Å²) in [7, 11) is 0. The van der Waals surface area contributed by atoms with E-state index in [1.54, 1.807) is 12.4 Å². The number of nitrogens with zero attached hydrogens (tertiary/aromatic N) is 3. The Bertz CT molecular complexity index is 417. The van der Waals surface area contributed by atoms with E-state index in [0.29, 0.717) is 11.6 Å². The highest BCUT2D eigenvalue weighted by atomic mass is 35.5. The average Bonchev–Trinajstić information content (AvgIpc) is 2.39. The summed E-state index contributed by atoms with van der Waals surface area (Å²) in [5.41, 5.74) is 7.14. The number of piperidine rings is 1. The van der Waals surface area contributed by atoms with Gasteiger partial charge < -0.3 is 10.6 Å². The summed E-state index contributed by atoms with van der Waals surface area (Å²) in [5.74, 6) is 0.503. The number of halogens is 2. The normalized spacial score (nSPS) is 16.9. The fraction of sp³-hybridized carbons (Fsp3) is 0.615. The van der Waals surface area contributed by atoms with Crippen molar-refractivity contribution in [3.8, 4) is 0 Å². The van der Waals surface area contributed by atoms with Gasteiger partial charge in [0, 0.05) is 25.3 Å². The van der Waals surface area contributed by atoms with Gasteiger partial charge in [0.1, 0.15) is 5.69 Å². The van der Waals surface area contributed by atoms with Gasteiger partial charge >= 0.3 is 0 Å². The summed E-state index contributed by atoms with van der Waals surface area (Å²) in [4.78, 5) is 22.3. The highest BCUT2D eigenvalue weighted by Crippen LogP contribution is 2.20. The lowest BCUT2D eigenvalue weighted by Crippen LogP contribution is -2.42. The average molecular weight is 321 g/mol. The van der Waals surface area contributed by atoms with Crippen molar-refractivity contribution in [2.24, 2.45) is 11.7 Å². The maximum Gasteiger partial charge on any atom is 0.274 e. The van der Waals surface area contributed by atoms with Gasteiger partial charge in [0.2, 0.25) is 0 Å². The van der Waals surface area contributed by atoms with Crippen molar-refractivity contribution in [2.75, 3.05) is 13.1 Å². The van der Waals surface area contributed by atoms with Crippen LogP contribution < -0.4 is 5.73 Å². The predicted molar refractivity (Wildman–Crippen MR) is 83.5 cm³/mol. The maximum absolute atomic E-state index is 12.2. The van der Waals surface area contributed by atoms with Gasteiger partial charge in [-0.1, -0.05) is 0 Å². The lowest BCUT2D eigenvalue weighted by atomic mass is 9.91. The molecule has 2 heterocycles.